The first kappa shape index (κ1) is 17.3. The molecular weight excluding hydrogens is 338 g/mol. The van der Waals surface area contributed by atoms with Crippen LogP contribution in [0.25, 0.3) is 0 Å². The molecule has 4 heteroatoms. The van der Waals surface area contributed by atoms with Gasteiger partial charge >= 0.3 is 5.97 Å². The molecule has 1 aliphatic heterocycles. The molecule has 2 aromatic carbocycles. The van der Waals surface area contributed by atoms with Crippen LogP contribution in [-0.4, -0.2) is 16.3 Å². The van der Waals surface area contributed by atoms with Crippen LogP contribution in [0.3, 0.4) is 0 Å². The molecule has 4 nitrogen and oxygen atoms in total. The molecule has 0 saturated carbocycles. The summed E-state index contributed by atoms with van der Waals surface area (Å²) >= 11 is 0. The second-order valence-electron chi connectivity index (χ2n) is 6.81. The van der Waals surface area contributed by atoms with E-state index in [1.165, 1.54) is 0 Å². The maximum absolute atomic E-state index is 13.1. The molecule has 0 aliphatic carbocycles. The van der Waals surface area contributed by atoms with E-state index in [9.17, 15) is 9.59 Å². The van der Waals surface area contributed by atoms with Gasteiger partial charge in [0.2, 0.25) is 5.78 Å². The first-order valence-electron chi connectivity index (χ1n) is 9.27. The Morgan fingerprint density at radius 1 is 1.04 bits per heavy atom. The van der Waals surface area contributed by atoms with Gasteiger partial charge in [0.1, 0.15) is 5.92 Å². The minimum atomic E-state index is -0.314. The summed E-state index contributed by atoms with van der Waals surface area (Å²) < 4.78 is 7.47. The molecule has 0 radical (unpaired) electrons. The lowest BCUT2D eigenvalue weighted by Crippen LogP contribution is -2.18. The Balaban J connectivity index is 1.82. The topological polar surface area (TPSA) is 48.3 Å². The zero-order valence-corrected chi connectivity index (χ0v) is 15.2. The summed E-state index contributed by atoms with van der Waals surface area (Å²) in [4.78, 5) is 25.5. The third-order valence-corrected chi connectivity index (χ3v) is 4.96. The van der Waals surface area contributed by atoms with Crippen molar-refractivity contribution in [2.24, 2.45) is 0 Å². The lowest BCUT2D eigenvalue weighted by molar-refractivity contribution is -0.134. The number of ether oxygens (including phenoxy) is 1. The summed E-state index contributed by atoms with van der Waals surface area (Å²) in [6, 6.07) is 20.9. The highest BCUT2D eigenvalue weighted by Gasteiger charge is 2.38. The maximum Gasteiger partial charge on any atom is 0.320 e. The Morgan fingerprint density at radius 3 is 2.37 bits per heavy atom. The van der Waals surface area contributed by atoms with Crippen molar-refractivity contribution in [2.75, 3.05) is 0 Å². The first-order chi connectivity index (χ1) is 13.2. The number of fused-ring (bicyclic) bond motifs is 1. The SMILES string of the molecule is CCCC1C(=O)Oc2cc(C(=O)c3ccccc3)n(Cc3ccccc3)c21. The highest BCUT2D eigenvalue weighted by molar-refractivity contribution is 6.09. The number of nitrogens with zero attached hydrogens (tertiary/aromatic N) is 1. The number of esters is 1. The van der Waals surface area contributed by atoms with Crippen molar-refractivity contribution >= 4 is 11.8 Å². The van der Waals surface area contributed by atoms with Gasteiger partial charge in [0.05, 0.1) is 11.4 Å². The van der Waals surface area contributed by atoms with Gasteiger partial charge in [-0.1, -0.05) is 74.0 Å². The van der Waals surface area contributed by atoms with Gasteiger partial charge in [-0.25, -0.2) is 0 Å². The first-order valence-corrected chi connectivity index (χ1v) is 9.27. The predicted molar refractivity (Wildman–Crippen MR) is 103 cm³/mol. The van der Waals surface area contributed by atoms with Crippen molar-refractivity contribution < 1.29 is 14.3 Å². The average molecular weight is 359 g/mol. The van der Waals surface area contributed by atoms with Gasteiger partial charge in [-0.15, -0.1) is 0 Å². The summed E-state index contributed by atoms with van der Waals surface area (Å²) in [6.45, 7) is 2.58. The number of hydrogen-bond donors (Lipinski definition) is 0. The third kappa shape index (κ3) is 3.19. The fourth-order valence-electron chi connectivity index (χ4n) is 3.68. The van der Waals surface area contributed by atoms with Crippen molar-refractivity contribution in [1.29, 1.82) is 0 Å². The van der Waals surface area contributed by atoms with Crippen molar-refractivity contribution in [2.45, 2.75) is 32.2 Å². The van der Waals surface area contributed by atoms with Gasteiger partial charge in [-0.05, 0) is 12.0 Å². The van der Waals surface area contributed by atoms with Gasteiger partial charge < -0.3 is 9.30 Å². The lowest BCUT2D eigenvalue weighted by Gasteiger charge is -2.15. The van der Waals surface area contributed by atoms with Crippen molar-refractivity contribution in [3.8, 4) is 5.75 Å². The van der Waals surface area contributed by atoms with Gasteiger partial charge in [0, 0.05) is 18.2 Å². The molecule has 2 heterocycles. The number of aromatic nitrogens is 1. The summed E-state index contributed by atoms with van der Waals surface area (Å²) in [5.41, 5.74) is 3.09. The smallest absolute Gasteiger partial charge is 0.320 e. The van der Waals surface area contributed by atoms with E-state index in [1.807, 2.05) is 72.2 Å². The van der Waals surface area contributed by atoms with Gasteiger partial charge in [-0.3, -0.25) is 9.59 Å². The molecule has 1 unspecified atom stereocenters. The van der Waals surface area contributed by atoms with E-state index in [0.29, 0.717) is 30.0 Å². The van der Waals surface area contributed by atoms with Crippen LogP contribution in [0.4, 0.5) is 0 Å². The quantitative estimate of drug-likeness (QED) is 0.478. The zero-order valence-electron chi connectivity index (χ0n) is 15.2. The zero-order chi connectivity index (χ0) is 18.8. The number of carbonyl (C=O) groups excluding carboxylic acids is 2. The van der Waals surface area contributed by atoms with Gasteiger partial charge in [0.25, 0.3) is 0 Å². The van der Waals surface area contributed by atoms with E-state index < -0.39 is 0 Å². The fraction of sp³-hybridized carbons (Fsp3) is 0.217. The molecule has 0 N–H and O–H groups in total. The number of rotatable bonds is 6. The minimum Gasteiger partial charge on any atom is -0.424 e. The Morgan fingerprint density at radius 2 is 1.70 bits per heavy atom. The Labute approximate surface area is 158 Å². The summed E-state index contributed by atoms with van der Waals surface area (Å²) in [6.07, 6.45) is 1.58. The van der Waals surface area contributed by atoms with Crippen LogP contribution >= 0.6 is 0 Å². The summed E-state index contributed by atoms with van der Waals surface area (Å²) in [5, 5.41) is 0. The number of benzene rings is 2. The van der Waals surface area contributed by atoms with Crippen molar-refractivity contribution in [3.63, 3.8) is 0 Å². The molecular formula is C23H21NO3. The second-order valence-corrected chi connectivity index (χ2v) is 6.81. The number of hydrogen-bond acceptors (Lipinski definition) is 3. The molecule has 27 heavy (non-hydrogen) atoms. The summed E-state index contributed by atoms with van der Waals surface area (Å²) in [7, 11) is 0. The van der Waals surface area contributed by atoms with Crippen molar-refractivity contribution in [1.82, 2.24) is 4.57 Å². The Kier molecular flexibility index (Phi) is 4.63. The lowest BCUT2D eigenvalue weighted by atomic mass is 10.0. The molecule has 0 bridgehead atoms. The Bertz CT molecular complexity index is 974. The number of ketones is 1. The molecule has 136 valence electrons. The molecule has 3 aromatic rings. The maximum atomic E-state index is 13.1. The van der Waals surface area contributed by atoms with Crippen molar-refractivity contribution in [3.05, 3.63) is 89.2 Å². The summed E-state index contributed by atoms with van der Waals surface area (Å²) in [5.74, 6) is -0.0747. The standard InChI is InChI=1S/C23H21NO3/c1-2-9-18-21-20(27-23(18)26)14-19(22(25)17-12-7-4-8-13-17)24(21)15-16-10-5-3-6-11-16/h3-8,10-14,18H,2,9,15H2,1H3. The molecule has 0 saturated heterocycles. The van der Waals surface area contributed by atoms with E-state index in [2.05, 4.69) is 0 Å². The van der Waals surface area contributed by atoms with E-state index in [1.54, 1.807) is 6.07 Å². The van der Waals surface area contributed by atoms with Crippen LogP contribution in [-0.2, 0) is 11.3 Å². The number of carbonyl (C=O) groups is 2. The average Bonchev–Trinajstić information content (AvgIpc) is 3.19. The molecule has 0 amide bonds. The molecule has 0 fully saturated rings. The van der Waals surface area contributed by atoms with Crippen LogP contribution in [0.5, 0.6) is 5.75 Å². The Hall–Kier alpha value is -3.14. The van der Waals surface area contributed by atoms with E-state index >= 15 is 0 Å². The predicted octanol–water partition coefficient (Wildman–Crippen LogP) is 4.57. The molecule has 1 aromatic heterocycles. The van der Waals surface area contributed by atoms with Crippen LogP contribution in [0.1, 0.15) is 53.0 Å². The highest BCUT2D eigenvalue weighted by Crippen LogP contribution is 2.41. The van der Waals surface area contributed by atoms with Crippen LogP contribution in [0.15, 0.2) is 66.7 Å². The van der Waals surface area contributed by atoms with E-state index in [4.69, 9.17) is 4.74 Å². The molecule has 1 aliphatic rings. The van der Waals surface area contributed by atoms with Crippen LogP contribution < -0.4 is 4.74 Å². The minimum absolute atomic E-state index is 0.0628. The molecule has 4 rings (SSSR count). The van der Waals surface area contributed by atoms with Gasteiger partial charge in [-0.2, -0.15) is 0 Å². The van der Waals surface area contributed by atoms with Crippen LogP contribution in [0, 0.1) is 0 Å². The van der Waals surface area contributed by atoms with E-state index in [0.717, 1.165) is 17.7 Å². The second kappa shape index (κ2) is 7.23. The highest BCUT2D eigenvalue weighted by atomic mass is 16.5. The van der Waals surface area contributed by atoms with E-state index in [-0.39, 0.29) is 17.7 Å². The fourth-order valence-corrected chi connectivity index (χ4v) is 3.68. The molecule has 0 spiro atoms. The largest absolute Gasteiger partial charge is 0.424 e. The van der Waals surface area contributed by atoms with Crippen LogP contribution in [0.2, 0.25) is 0 Å². The third-order valence-electron chi connectivity index (χ3n) is 4.96. The monoisotopic (exact) mass is 359 g/mol. The normalized spacial score (nSPS) is 15.4. The van der Waals surface area contributed by atoms with Gasteiger partial charge in [0.15, 0.2) is 5.75 Å². The molecule has 1 atom stereocenters.